The Hall–Kier alpha value is -2.44. The van der Waals surface area contributed by atoms with Crippen molar-refractivity contribution >= 4 is 5.91 Å². The van der Waals surface area contributed by atoms with Crippen LogP contribution in [0.4, 0.5) is 4.39 Å². The van der Waals surface area contributed by atoms with E-state index in [-0.39, 0.29) is 11.7 Å². The first-order valence-corrected chi connectivity index (χ1v) is 7.36. The number of hydroxylamine groups is 1. The third kappa shape index (κ3) is 3.67. The molecule has 1 amide bonds. The van der Waals surface area contributed by atoms with E-state index in [0.29, 0.717) is 24.3 Å². The molecule has 0 aromatic heterocycles. The minimum absolute atomic E-state index is 0.291. The van der Waals surface area contributed by atoms with Gasteiger partial charge in [0.2, 0.25) is 0 Å². The van der Waals surface area contributed by atoms with Crippen molar-refractivity contribution in [2.75, 3.05) is 6.54 Å². The van der Waals surface area contributed by atoms with E-state index in [1.54, 1.807) is 42.5 Å². The van der Waals surface area contributed by atoms with Crippen LogP contribution >= 0.6 is 0 Å². The number of rotatable bonds is 4. The largest absolute Gasteiger partial charge is 0.392 e. The molecule has 0 unspecified atom stereocenters. The van der Waals surface area contributed by atoms with Crippen molar-refractivity contribution in [2.45, 2.75) is 18.6 Å². The fourth-order valence-electron chi connectivity index (χ4n) is 2.49. The average Bonchev–Trinajstić information content (AvgIpc) is 3.00. The number of aliphatic hydroxyl groups excluding tert-OH is 1. The Labute approximate surface area is 133 Å². The maximum absolute atomic E-state index is 13.7. The normalized spacial score (nSPS) is 20.3. The number of aliphatic hydroxyl groups is 1. The molecule has 0 saturated carbocycles. The highest BCUT2D eigenvalue weighted by molar-refractivity contribution is 5.81. The lowest BCUT2D eigenvalue weighted by Gasteiger charge is -2.12. The molecule has 23 heavy (non-hydrogen) atoms. The van der Waals surface area contributed by atoms with Gasteiger partial charge in [0.05, 0.1) is 12.1 Å². The molecule has 6 heteroatoms. The maximum atomic E-state index is 13.7. The minimum atomic E-state index is -0.509. The molecule has 3 N–H and O–H groups in total. The predicted molar refractivity (Wildman–Crippen MR) is 83.0 cm³/mol. The summed E-state index contributed by atoms with van der Waals surface area (Å²) in [6, 6.07) is 12.8. The summed E-state index contributed by atoms with van der Waals surface area (Å²) in [6.45, 7) is 0.398. The van der Waals surface area contributed by atoms with Crippen LogP contribution in [0.25, 0.3) is 11.1 Å². The molecule has 120 valence electrons. The minimum Gasteiger partial charge on any atom is -0.392 e. The molecule has 5 nitrogen and oxygen atoms in total. The van der Waals surface area contributed by atoms with Crippen LogP contribution in [-0.4, -0.2) is 29.7 Å². The smallest absolute Gasteiger partial charge is 0.269 e. The van der Waals surface area contributed by atoms with Crippen molar-refractivity contribution in [1.82, 2.24) is 10.8 Å². The summed E-state index contributed by atoms with van der Waals surface area (Å²) in [4.78, 5) is 17.1. The van der Waals surface area contributed by atoms with Gasteiger partial charge in [0.25, 0.3) is 5.91 Å². The van der Waals surface area contributed by atoms with E-state index in [9.17, 15) is 14.3 Å². The molecule has 0 spiro atoms. The number of hydrogen-bond donors (Lipinski definition) is 3. The number of hydrogen-bond acceptors (Lipinski definition) is 4. The van der Waals surface area contributed by atoms with Gasteiger partial charge in [-0.25, -0.2) is 4.39 Å². The second-order valence-corrected chi connectivity index (χ2v) is 5.42. The number of nitrogens with one attached hydrogen (secondary N) is 2. The van der Waals surface area contributed by atoms with Crippen molar-refractivity contribution in [3.8, 4) is 16.9 Å². The molecule has 2 aromatic rings. The SMILES string of the molecule is O=C(NOc1ccc(-c2ccccc2F)cc1)[C@@H]1C[C@@H](O)CN1. The monoisotopic (exact) mass is 316 g/mol. The topological polar surface area (TPSA) is 70.6 Å². The summed E-state index contributed by atoms with van der Waals surface area (Å²) in [5.41, 5.74) is 3.58. The number of β-amino-alcohol motifs (C(OH)–C–C–N with tert-alkyl or cyclic N) is 1. The van der Waals surface area contributed by atoms with Crippen LogP contribution in [0.3, 0.4) is 0 Å². The lowest BCUT2D eigenvalue weighted by molar-refractivity contribution is -0.129. The number of carbonyl (C=O) groups excluding carboxylic acids is 1. The van der Waals surface area contributed by atoms with Crippen molar-refractivity contribution in [1.29, 1.82) is 0 Å². The van der Waals surface area contributed by atoms with Crippen molar-refractivity contribution in [3.05, 3.63) is 54.3 Å². The summed E-state index contributed by atoms with van der Waals surface area (Å²) in [6.07, 6.45) is -0.146. The molecule has 0 aliphatic carbocycles. The van der Waals surface area contributed by atoms with Gasteiger partial charge in [0.1, 0.15) is 5.82 Å². The van der Waals surface area contributed by atoms with Gasteiger partial charge in [-0.3, -0.25) is 4.79 Å². The number of carbonyl (C=O) groups is 1. The number of halogens is 1. The van der Waals surface area contributed by atoms with E-state index in [1.807, 2.05) is 0 Å². The first-order valence-electron chi connectivity index (χ1n) is 7.36. The fourth-order valence-corrected chi connectivity index (χ4v) is 2.49. The molecule has 3 rings (SSSR count). The van der Waals surface area contributed by atoms with Crippen LogP contribution in [-0.2, 0) is 4.79 Å². The van der Waals surface area contributed by atoms with E-state index in [0.717, 1.165) is 5.56 Å². The molecule has 0 bridgehead atoms. The molecular weight excluding hydrogens is 299 g/mol. The Morgan fingerprint density at radius 1 is 1.22 bits per heavy atom. The van der Waals surface area contributed by atoms with Gasteiger partial charge in [-0.05, 0) is 30.2 Å². The molecular formula is C17H17FN2O3. The van der Waals surface area contributed by atoms with Gasteiger partial charge in [0.15, 0.2) is 5.75 Å². The molecule has 1 saturated heterocycles. The van der Waals surface area contributed by atoms with Crippen LogP contribution < -0.4 is 15.6 Å². The second-order valence-electron chi connectivity index (χ2n) is 5.42. The molecule has 0 radical (unpaired) electrons. The van der Waals surface area contributed by atoms with Gasteiger partial charge >= 0.3 is 0 Å². The molecule has 1 aliphatic rings. The Morgan fingerprint density at radius 3 is 2.61 bits per heavy atom. The van der Waals surface area contributed by atoms with Gasteiger partial charge < -0.3 is 15.3 Å². The summed E-state index contributed by atoms with van der Waals surface area (Å²) in [7, 11) is 0. The quantitative estimate of drug-likeness (QED) is 0.750. The summed E-state index contributed by atoms with van der Waals surface area (Å²) >= 11 is 0. The van der Waals surface area contributed by atoms with Crippen molar-refractivity contribution < 1.29 is 19.1 Å². The van der Waals surface area contributed by atoms with Crippen molar-refractivity contribution in [3.63, 3.8) is 0 Å². The zero-order chi connectivity index (χ0) is 16.2. The van der Waals surface area contributed by atoms with E-state index < -0.39 is 12.1 Å². The number of amides is 1. The first kappa shape index (κ1) is 15.5. The van der Waals surface area contributed by atoms with Crippen LogP contribution in [0, 0.1) is 5.82 Å². The molecule has 2 atom stereocenters. The Balaban J connectivity index is 1.60. The van der Waals surface area contributed by atoms with Gasteiger partial charge in [-0.15, -0.1) is 0 Å². The third-order valence-electron chi connectivity index (χ3n) is 3.73. The van der Waals surface area contributed by atoms with E-state index in [4.69, 9.17) is 4.84 Å². The molecule has 2 aromatic carbocycles. The lowest BCUT2D eigenvalue weighted by Crippen LogP contribution is -2.41. The zero-order valence-corrected chi connectivity index (χ0v) is 12.3. The summed E-state index contributed by atoms with van der Waals surface area (Å²) < 4.78 is 13.7. The van der Waals surface area contributed by atoms with E-state index in [2.05, 4.69) is 10.8 Å². The van der Waals surface area contributed by atoms with Crippen molar-refractivity contribution in [2.24, 2.45) is 0 Å². The predicted octanol–water partition coefficient (Wildman–Crippen LogP) is 1.63. The summed E-state index contributed by atoms with van der Waals surface area (Å²) in [5.74, 6) is -0.183. The highest BCUT2D eigenvalue weighted by Crippen LogP contribution is 2.24. The maximum Gasteiger partial charge on any atom is 0.269 e. The van der Waals surface area contributed by atoms with Gasteiger partial charge in [0, 0.05) is 12.1 Å². The Morgan fingerprint density at radius 2 is 1.96 bits per heavy atom. The zero-order valence-electron chi connectivity index (χ0n) is 12.3. The fraction of sp³-hybridized carbons (Fsp3) is 0.235. The second kappa shape index (κ2) is 6.76. The van der Waals surface area contributed by atoms with Gasteiger partial charge in [-0.1, -0.05) is 30.3 Å². The average molecular weight is 316 g/mol. The summed E-state index contributed by atoms with van der Waals surface area (Å²) in [5, 5.41) is 12.3. The molecule has 1 fully saturated rings. The third-order valence-corrected chi connectivity index (χ3v) is 3.73. The van der Waals surface area contributed by atoms with Crippen LogP contribution in [0.5, 0.6) is 5.75 Å². The molecule has 1 heterocycles. The first-order chi connectivity index (χ1) is 11.1. The highest BCUT2D eigenvalue weighted by Gasteiger charge is 2.28. The van der Waals surface area contributed by atoms with Gasteiger partial charge in [-0.2, -0.15) is 5.48 Å². The van der Waals surface area contributed by atoms with Crippen LogP contribution in [0.2, 0.25) is 0 Å². The van der Waals surface area contributed by atoms with E-state index in [1.165, 1.54) is 6.07 Å². The molecule has 1 aliphatic heterocycles. The highest BCUT2D eigenvalue weighted by atomic mass is 19.1. The number of benzene rings is 2. The van der Waals surface area contributed by atoms with Crippen LogP contribution in [0.15, 0.2) is 48.5 Å². The Bertz CT molecular complexity index is 690. The standard InChI is InChI=1S/C17H17FN2O3/c18-15-4-2-1-3-14(15)11-5-7-13(8-6-11)23-20-17(22)16-9-12(21)10-19-16/h1-8,12,16,19,21H,9-10H2,(H,20,22)/t12-,16+/m1/s1. The lowest BCUT2D eigenvalue weighted by atomic mass is 10.1. The van der Waals surface area contributed by atoms with E-state index >= 15 is 0 Å². The Kier molecular flexibility index (Phi) is 4.55. The van der Waals surface area contributed by atoms with Crippen LogP contribution in [0.1, 0.15) is 6.42 Å².